The summed E-state index contributed by atoms with van der Waals surface area (Å²) in [7, 11) is 0. The maximum Gasteiger partial charge on any atom is 0.257 e. The van der Waals surface area contributed by atoms with Gasteiger partial charge in [-0.25, -0.2) is 0 Å². The minimum absolute atomic E-state index is 0.0162. The lowest BCUT2D eigenvalue weighted by Gasteiger charge is -2.35. The van der Waals surface area contributed by atoms with Gasteiger partial charge in [0.1, 0.15) is 12.4 Å². The van der Waals surface area contributed by atoms with Gasteiger partial charge in [-0.1, -0.05) is 41.9 Å². The summed E-state index contributed by atoms with van der Waals surface area (Å²) in [6, 6.07) is 14.9. The van der Waals surface area contributed by atoms with Crippen LogP contribution in [0.15, 0.2) is 48.5 Å². The van der Waals surface area contributed by atoms with Gasteiger partial charge < -0.3 is 19.1 Å². The van der Waals surface area contributed by atoms with E-state index in [2.05, 4.69) is 0 Å². The second-order valence-electron chi connectivity index (χ2n) is 7.14. The van der Waals surface area contributed by atoms with E-state index in [4.69, 9.17) is 25.8 Å². The molecule has 2 aromatic rings. The van der Waals surface area contributed by atoms with Crippen molar-refractivity contribution in [3.63, 3.8) is 0 Å². The molecule has 2 aliphatic heterocycles. The first kappa shape index (κ1) is 19.2. The number of halogens is 1. The van der Waals surface area contributed by atoms with Crippen molar-refractivity contribution in [3.05, 3.63) is 64.7 Å². The van der Waals surface area contributed by atoms with Crippen molar-refractivity contribution in [1.29, 1.82) is 0 Å². The SMILES string of the molecule is O=C(c1ccccc1OCc1ccccc1Cl)N1CCCC(C2OCCO2)C1. The predicted molar refractivity (Wildman–Crippen MR) is 107 cm³/mol. The Morgan fingerprint density at radius 2 is 1.86 bits per heavy atom. The molecule has 1 amide bonds. The molecule has 0 saturated carbocycles. The summed E-state index contributed by atoms with van der Waals surface area (Å²) in [4.78, 5) is 15.1. The maximum atomic E-state index is 13.2. The Labute approximate surface area is 170 Å². The molecule has 0 aromatic heterocycles. The minimum atomic E-state index is -0.192. The largest absolute Gasteiger partial charge is 0.488 e. The molecule has 2 heterocycles. The number of hydrogen-bond acceptors (Lipinski definition) is 4. The third-order valence-corrected chi connectivity index (χ3v) is 5.60. The first-order valence-electron chi connectivity index (χ1n) is 9.70. The molecule has 0 aliphatic carbocycles. The number of piperidine rings is 1. The molecule has 2 fully saturated rings. The minimum Gasteiger partial charge on any atom is -0.488 e. The van der Waals surface area contributed by atoms with Gasteiger partial charge in [-0.15, -0.1) is 0 Å². The topological polar surface area (TPSA) is 48.0 Å². The molecule has 28 heavy (non-hydrogen) atoms. The van der Waals surface area contributed by atoms with Gasteiger partial charge in [0, 0.05) is 29.6 Å². The van der Waals surface area contributed by atoms with Crippen molar-refractivity contribution >= 4 is 17.5 Å². The summed E-state index contributed by atoms with van der Waals surface area (Å²) in [6.07, 6.45) is 1.77. The lowest BCUT2D eigenvalue weighted by molar-refractivity contribution is -0.0969. The van der Waals surface area contributed by atoms with E-state index >= 15 is 0 Å². The number of ether oxygens (including phenoxy) is 3. The van der Waals surface area contributed by atoms with Crippen LogP contribution in [0.1, 0.15) is 28.8 Å². The van der Waals surface area contributed by atoms with Crippen LogP contribution in [0.4, 0.5) is 0 Å². The van der Waals surface area contributed by atoms with Crippen LogP contribution in [0.3, 0.4) is 0 Å². The molecule has 0 N–H and O–H groups in total. The Bertz CT molecular complexity index is 822. The first-order chi connectivity index (χ1) is 13.7. The average Bonchev–Trinajstić information content (AvgIpc) is 3.28. The number of carbonyl (C=O) groups excluding carboxylic acids is 1. The zero-order valence-corrected chi connectivity index (χ0v) is 16.4. The third kappa shape index (κ3) is 4.32. The van der Waals surface area contributed by atoms with E-state index in [0.29, 0.717) is 42.7 Å². The summed E-state index contributed by atoms with van der Waals surface area (Å²) >= 11 is 6.21. The van der Waals surface area contributed by atoms with Crippen molar-refractivity contribution in [1.82, 2.24) is 4.90 Å². The second kappa shape index (κ2) is 8.95. The van der Waals surface area contributed by atoms with E-state index in [1.807, 2.05) is 53.4 Å². The van der Waals surface area contributed by atoms with Gasteiger partial charge in [0.15, 0.2) is 6.29 Å². The van der Waals surface area contributed by atoms with Crippen LogP contribution in [0.2, 0.25) is 5.02 Å². The molecular weight excluding hydrogens is 378 g/mol. The van der Waals surface area contributed by atoms with Crippen molar-refractivity contribution < 1.29 is 19.0 Å². The number of nitrogens with zero attached hydrogens (tertiary/aromatic N) is 1. The average molecular weight is 402 g/mol. The molecule has 2 saturated heterocycles. The molecule has 2 aromatic carbocycles. The highest BCUT2D eigenvalue weighted by atomic mass is 35.5. The smallest absolute Gasteiger partial charge is 0.257 e. The van der Waals surface area contributed by atoms with Crippen LogP contribution >= 0.6 is 11.6 Å². The zero-order valence-electron chi connectivity index (χ0n) is 15.7. The fourth-order valence-corrected chi connectivity index (χ4v) is 3.97. The Kier molecular flexibility index (Phi) is 6.15. The lowest BCUT2D eigenvalue weighted by atomic mass is 9.96. The number of carbonyl (C=O) groups is 1. The lowest BCUT2D eigenvalue weighted by Crippen LogP contribution is -2.43. The van der Waals surface area contributed by atoms with Gasteiger partial charge in [-0.05, 0) is 31.0 Å². The predicted octanol–water partition coefficient (Wildman–Crippen LogP) is 4.14. The summed E-state index contributed by atoms with van der Waals surface area (Å²) < 4.78 is 17.3. The van der Waals surface area contributed by atoms with E-state index in [1.54, 1.807) is 0 Å². The summed E-state index contributed by atoms with van der Waals surface area (Å²) in [5, 5.41) is 0.654. The Morgan fingerprint density at radius 1 is 1.11 bits per heavy atom. The normalized spacial score (nSPS) is 20.3. The third-order valence-electron chi connectivity index (χ3n) is 5.24. The highest BCUT2D eigenvalue weighted by Crippen LogP contribution is 2.28. The molecule has 4 rings (SSSR count). The molecule has 148 valence electrons. The van der Waals surface area contributed by atoms with Crippen LogP contribution in [0.5, 0.6) is 5.75 Å². The van der Waals surface area contributed by atoms with Crippen molar-refractivity contribution in [3.8, 4) is 5.75 Å². The Balaban J connectivity index is 1.46. The van der Waals surface area contributed by atoms with E-state index in [9.17, 15) is 4.79 Å². The molecule has 6 heteroatoms. The van der Waals surface area contributed by atoms with Crippen LogP contribution < -0.4 is 4.74 Å². The number of likely N-dealkylation sites (tertiary alicyclic amines) is 1. The standard InChI is InChI=1S/C22H24ClNO4/c23-19-9-3-1-6-17(19)15-28-20-10-4-2-8-18(20)21(25)24-11-5-7-16(14-24)22-26-12-13-27-22/h1-4,6,8-10,16,22H,5,7,11-15H2. The van der Waals surface area contributed by atoms with Gasteiger partial charge in [-0.2, -0.15) is 0 Å². The van der Waals surface area contributed by atoms with Gasteiger partial charge in [-0.3, -0.25) is 4.79 Å². The van der Waals surface area contributed by atoms with Gasteiger partial charge in [0.2, 0.25) is 0 Å². The molecule has 5 nitrogen and oxygen atoms in total. The summed E-state index contributed by atoms with van der Waals surface area (Å²) in [6.45, 7) is 2.96. The second-order valence-corrected chi connectivity index (χ2v) is 7.55. The number of rotatable bonds is 5. The van der Waals surface area contributed by atoms with Crippen molar-refractivity contribution in [2.45, 2.75) is 25.7 Å². The molecular formula is C22H24ClNO4. The van der Waals surface area contributed by atoms with Gasteiger partial charge in [0.25, 0.3) is 5.91 Å². The number of amides is 1. The number of para-hydroxylation sites is 1. The maximum absolute atomic E-state index is 13.2. The van der Waals surface area contributed by atoms with Gasteiger partial charge >= 0.3 is 0 Å². The van der Waals surface area contributed by atoms with Gasteiger partial charge in [0.05, 0.1) is 18.8 Å². The highest BCUT2D eigenvalue weighted by Gasteiger charge is 2.33. The van der Waals surface area contributed by atoms with E-state index in [0.717, 1.165) is 24.9 Å². The van der Waals surface area contributed by atoms with E-state index < -0.39 is 0 Å². The van der Waals surface area contributed by atoms with E-state index in [-0.39, 0.29) is 18.1 Å². The molecule has 2 aliphatic rings. The monoisotopic (exact) mass is 401 g/mol. The molecule has 0 radical (unpaired) electrons. The fourth-order valence-electron chi connectivity index (χ4n) is 3.78. The Morgan fingerprint density at radius 3 is 2.68 bits per heavy atom. The van der Waals surface area contributed by atoms with E-state index in [1.165, 1.54) is 0 Å². The number of hydrogen-bond donors (Lipinski definition) is 0. The molecule has 0 bridgehead atoms. The fraction of sp³-hybridized carbons (Fsp3) is 0.409. The molecule has 1 atom stereocenters. The highest BCUT2D eigenvalue weighted by molar-refractivity contribution is 6.31. The van der Waals surface area contributed by atoms with Crippen LogP contribution in [-0.2, 0) is 16.1 Å². The quantitative estimate of drug-likeness (QED) is 0.755. The summed E-state index contributed by atoms with van der Waals surface area (Å²) in [5.74, 6) is 0.775. The van der Waals surface area contributed by atoms with Crippen LogP contribution in [0, 0.1) is 5.92 Å². The van der Waals surface area contributed by atoms with Crippen LogP contribution in [-0.4, -0.2) is 43.4 Å². The Hall–Kier alpha value is -2.08. The molecule has 1 unspecified atom stereocenters. The first-order valence-corrected chi connectivity index (χ1v) is 10.1. The van der Waals surface area contributed by atoms with Crippen LogP contribution in [0.25, 0.3) is 0 Å². The zero-order chi connectivity index (χ0) is 19.3. The van der Waals surface area contributed by atoms with Crippen molar-refractivity contribution in [2.75, 3.05) is 26.3 Å². The van der Waals surface area contributed by atoms with Crippen molar-refractivity contribution in [2.24, 2.45) is 5.92 Å². The molecule has 0 spiro atoms. The number of benzene rings is 2. The summed E-state index contributed by atoms with van der Waals surface area (Å²) in [5.41, 5.74) is 1.46.